The number of hydrogen-bond acceptors (Lipinski definition) is 3. The van der Waals surface area contributed by atoms with Crippen LogP contribution in [-0.4, -0.2) is 41.9 Å². The molecular formula is C13H23NO3. The van der Waals surface area contributed by atoms with Crippen LogP contribution >= 0.6 is 0 Å². The van der Waals surface area contributed by atoms with Crippen molar-refractivity contribution in [2.24, 2.45) is 0 Å². The third-order valence-electron chi connectivity index (χ3n) is 3.63. The summed E-state index contributed by atoms with van der Waals surface area (Å²) in [7, 11) is 1.76. The van der Waals surface area contributed by atoms with Gasteiger partial charge in [-0.1, -0.05) is 0 Å². The van der Waals surface area contributed by atoms with Gasteiger partial charge in [0, 0.05) is 19.2 Å². The molecule has 0 saturated carbocycles. The van der Waals surface area contributed by atoms with E-state index in [9.17, 15) is 4.79 Å². The summed E-state index contributed by atoms with van der Waals surface area (Å²) in [6, 6.07) is 0.627. The van der Waals surface area contributed by atoms with Gasteiger partial charge in [-0.25, -0.2) is 4.79 Å². The second-order valence-corrected chi connectivity index (χ2v) is 6.10. The topological polar surface area (TPSA) is 38.8 Å². The number of fused-ring (bicyclic) bond motifs is 2. The summed E-state index contributed by atoms with van der Waals surface area (Å²) in [5, 5.41) is 0. The van der Waals surface area contributed by atoms with Crippen LogP contribution in [0.25, 0.3) is 0 Å². The maximum atomic E-state index is 12.1. The number of amides is 1. The van der Waals surface area contributed by atoms with E-state index in [0.717, 1.165) is 25.7 Å². The minimum absolute atomic E-state index is 0.153. The minimum Gasteiger partial charge on any atom is -0.444 e. The molecule has 1 amide bonds. The molecule has 0 aromatic rings. The molecule has 4 heteroatoms. The van der Waals surface area contributed by atoms with Crippen LogP contribution in [0, 0.1) is 0 Å². The number of carbonyl (C=O) groups excluding carboxylic acids is 1. The van der Waals surface area contributed by atoms with Crippen molar-refractivity contribution < 1.29 is 14.3 Å². The van der Waals surface area contributed by atoms with Gasteiger partial charge in [0.25, 0.3) is 0 Å². The standard InChI is InChI=1S/C13H23NO3/c1-13(2,3)17-12(15)14-9-5-6-10(14)8-11(7-9)16-4/h9-11H,5-8H2,1-4H3/t9-,10?,11?/m1/s1. The van der Waals surface area contributed by atoms with E-state index in [4.69, 9.17) is 9.47 Å². The first-order valence-electron chi connectivity index (χ1n) is 6.45. The Morgan fingerprint density at radius 1 is 1.18 bits per heavy atom. The zero-order valence-corrected chi connectivity index (χ0v) is 11.2. The van der Waals surface area contributed by atoms with Gasteiger partial charge in [0.1, 0.15) is 5.60 Å². The predicted molar refractivity (Wildman–Crippen MR) is 64.9 cm³/mol. The lowest BCUT2D eigenvalue weighted by Gasteiger charge is -2.38. The molecule has 3 atom stereocenters. The zero-order valence-electron chi connectivity index (χ0n) is 11.2. The van der Waals surface area contributed by atoms with Crippen molar-refractivity contribution in [2.75, 3.05) is 7.11 Å². The van der Waals surface area contributed by atoms with Crippen LogP contribution in [0.2, 0.25) is 0 Å². The SMILES string of the molecule is COC1CC2CC[C@H](C1)N2C(=O)OC(C)(C)C. The van der Waals surface area contributed by atoms with Crippen molar-refractivity contribution in [1.82, 2.24) is 4.90 Å². The summed E-state index contributed by atoms with van der Waals surface area (Å²) in [6.07, 6.45) is 4.23. The number of hydrogen-bond donors (Lipinski definition) is 0. The lowest BCUT2D eigenvalue weighted by Crippen LogP contribution is -2.50. The van der Waals surface area contributed by atoms with Crippen LogP contribution in [0.15, 0.2) is 0 Å². The van der Waals surface area contributed by atoms with Gasteiger partial charge in [0.2, 0.25) is 0 Å². The fourth-order valence-electron chi connectivity index (χ4n) is 2.93. The van der Waals surface area contributed by atoms with Crippen LogP contribution in [0.5, 0.6) is 0 Å². The van der Waals surface area contributed by atoms with Gasteiger partial charge in [0.15, 0.2) is 0 Å². The van der Waals surface area contributed by atoms with Gasteiger partial charge in [-0.15, -0.1) is 0 Å². The number of piperidine rings is 1. The average Bonchev–Trinajstić information content (AvgIpc) is 2.47. The third-order valence-corrected chi connectivity index (χ3v) is 3.63. The highest BCUT2D eigenvalue weighted by atomic mass is 16.6. The fraction of sp³-hybridized carbons (Fsp3) is 0.923. The molecule has 2 saturated heterocycles. The van der Waals surface area contributed by atoms with E-state index in [1.54, 1.807) is 7.11 Å². The Hall–Kier alpha value is -0.770. The van der Waals surface area contributed by atoms with E-state index >= 15 is 0 Å². The number of carbonyl (C=O) groups is 1. The number of nitrogens with zero attached hydrogens (tertiary/aromatic N) is 1. The molecule has 17 heavy (non-hydrogen) atoms. The van der Waals surface area contributed by atoms with Gasteiger partial charge in [-0.05, 0) is 46.5 Å². The Morgan fingerprint density at radius 3 is 2.12 bits per heavy atom. The molecule has 2 fully saturated rings. The molecule has 0 spiro atoms. The first-order chi connectivity index (χ1) is 7.90. The maximum Gasteiger partial charge on any atom is 0.410 e. The molecule has 2 aliphatic heterocycles. The highest BCUT2D eigenvalue weighted by molar-refractivity contribution is 5.69. The molecule has 2 unspecified atom stereocenters. The lowest BCUT2D eigenvalue weighted by atomic mass is 10.0. The Kier molecular flexibility index (Phi) is 3.34. The number of rotatable bonds is 1. The maximum absolute atomic E-state index is 12.1. The molecule has 0 aromatic heterocycles. The number of ether oxygens (including phenoxy) is 2. The second kappa shape index (κ2) is 4.48. The summed E-state index contributed by atoms with van der Waals surface area (Å²) in [6.45, 7) is 5.73. The molecule has 0 aliphatic carbocycles. The zero-order chi connectivity index (χ0) is 12.6. The van der Waals surface area contributed by atoms with Crippen molar-refractivity contribution in [2.45, 2.75) is 70.2 Å². The van der Waals surface area contributed by atoms with Crippen LogP contribution < -0.4 is 0 Å². The van der Waals surface area contributed by atoms with Crippen LogP contribution in [0.1, 0.15) is 46.5 Å². The van der Waals surface area contributed by atoms with E-state index in [-0.39, 0.29) is 6.09 Å². The average molecular weight is 241 g/mol. The van der Waals surface area contributed by atoms with Crippen molar-refractivity contribution in [3.8, 4) is 0 Å². The predicted octanol–water partition coefficient (Wildman–Crippen LogP) is 2.56. The molecular weight excluding hydrogens is 218 g/mol. The molecule has 2 heterocycles. The van der Waals surface area contributed by atoms with E-state index in [1.807, 2.05) is 25.7 Å². The van der Waals surface area contributed by atoms with Crippen molar-refractivity contribution >= 4 is 6.09 Å². The monoisotopic (exact) mass is 241 g/mol. The Morgan fingerprint density at radius 2 is 1.71 bits per heavy atom. The first-order valence-corrected chi connectivity index (χ1v) is 6.45. The lowest BCUT2D eigenvalue weighted by molar-refractivity contribution is -0.0213. The third kappa shape index (κ3) is 2.73. The van der Waals surface area contributed by atoms with E-state index in [1.165, 1.54) is 0 Å². The molecule has 2 bridgehead atoms. The van der Waals surface area contributed by atoms with Crippen LogP contribution in [-0.2, 0) is 9.47 Å². The molecule has 0 aromatic carbocycles. The molecule has 2 aliphatic rings. The first kappa shape index (κ1) is 12.7. The highest BCUT2D eigenvalue weighted by Crippen LogP contribution is 2.37. The minimum atomic E-state index is -0.408. The van der Waals surface area contributed by atoms with Crippen molar-refractivity contribution in [3.05, 3.63) is 0 Å². The Balaban J connectivity index is 2.01. The Labute approximate surface area is 103 Å². The van der Waals surface area contributed by atoms with Gasteiger partial charge in [-0.2, -0.15) is 0 Å². The van der Waals surface area contributed by atoms with Gasteiger partial charge in [-0.3, -0.25) is 0 Å². The smallest absolute Gasteiger partial charge is 0.410 e. The normalized spacial score (nSPS) is 32.7. The quantitative estimate of drug-likeness (QED) is 0.708. The second-order valence-electron chi connectivity index (χ2n) is 6.10. The Bertz CT molecular complexity index is 284. The largest absolute Gasteiger partial charge is 0.444 e. The van der Waals surface area contributed by atoms with Gasteiger partial charge < -0.3 is 14.4 Å². The molecule has 2 rings (SSSR count). The highest BCUT2D eigenvalue weighted by Gasteiger charge is 2.44. The van der Waals surface area contributed by atoms with E-state index in [2.05, 4.69) is 0 Å². The summed E-state index contributed by atoms with van der Waals surface area (Å²) < 4.78 is 10.9. The molecule has 4 nitrogen and oxygen atoms in total. The molecule has 0 N–H and O–H groups in total. The summed E-state index contributed by atoms with van der Waals surface area (Å²) in [4.78, 5) is 14.1. The van der Waals surface area contributed by atoms with Crippen LogP contribution in [0.3, 0.4) is 0 Å². The number of methoxy groups -OCH3 is 1. The summed E-state index contributed by atoms with van der Waals surface area (Å²) in [5.41, 5.74) is -0.408. The summed E-state index contributed by atoms with van der Waals surface area (Å²) >= 11 is 0. The fourth-order valence-corrected chi connectivity index (χ4v) is 2.93. The van der Waals surface area contributed by atoms with E-state index < -0.39 is 5.60 Å². The van der Waals surface area contributed by atoms with Crippen molar-refractivity contribution in [1.29, 1.82) is 0 Å². The molecule has 98 valence electrons. The summed E-state index contributed by atoms with van der Waals surface area (Å²) in [5.74, 6) is 0. The molecule has 0 radical (unpaired) electrons. The van der Waals surface area contributed by atoms with Crippen molar-refractivity contribution in [3.63, 3.8) is 0 Å². The van der Waals surface area contributed by atoms with Gasteiger partial charge >= 0.3 is 6.09 Å². The van der Waals surface area contributed by atoms with E-state index in [0.29, 0.717) is 18.2 Å². The van der Waals surface area contributed by atoms with Gasteiger partial charge in [0.05, 0.1) is 6.10 Å². The van der Waals surface area contributed by atoms with Crippen LogP contribution in [0.4, 0.5) is 4.79 Å².